The molecule has 25 heavy (non-hydrogen) atoms. The van der Waals surface area contributed by atoms with Crippen LogP contribution in [0, 0.1) is 25.2 Å². The van der Waals surface area contributed by atoms with Crippen molar-refractivity contribution in [3.05, 3.63) is 29.5 Å². The van der Waals surface area contributed by atoms with Crippen LogP contribution >= 0.6 is 0 Å². The predicted octanol–water partition coefficient (Wildman–Crippen LogP) is 1.19. The van der Waals surface area contributed by atoms with Crippen molar-refractivity contribution in [2.45, 2.75) is 37.7 Å². The second-order valence-electron chi connectivity index (χ2n) is 5.72. The van der Waals surface area contributed by atoms with E-state index in [9.17, 15) is 8.42 Å². The van der Waals surface area contributed by atoms with Gasteiger partial charge in [0.25, 0.3) is 5.88 Å². The Kier molecular flexibility index (Phi) is 4.69. The monoisotopic (exact) mass is 363 g/mol. The molecular weight excluding hydrogens is 346 g/mol. The summed E-state index contributed by atoms with van der Waals surface area (Å²) in [4.78, 5) is 8.00. The molecule has 2 aromatic heterocycles. The maximum Gasteiger partial charge on any atom is 0.251 e. The Morgan fingerprint density at radius 3 is 2.80 bits per heavy atom. The van der Waals surface area contributed by atoms with E-state index in [0.717, 1.165) is 0 Å². The van der Waals surface area contributed by atoms with Gasteiger partial charge in [-0.3, -0.25) is 0 Å². The highest BCUT2D eigenvalue weighted by atomic mass is 32.2. The first-order valence-corrected chi connectivity index (χ1v) is 9.18. The Morgan fingerprint density at radius 1 is 1.36 bits per heavy atom. The van der Waals surface area contributed by atoms with Crippen LogP contribution in [0.25, 0.3) is 0 Å². The molecule has 0 radical (unpaired) electrons. The number of ether oxygens (including phenoxy) is 1. The molecule has 1 saturated heterocycles. The minimum absolute atomic E-state index is 0.0770. The molecule has 0 aromatic carbocycles. The standard InChI is InChI=1S/C15H17N5O4S/c1-10-14(11(2)24-19-10)25(21,22)20-7-3-4-12(9-20)23-15-13(8-16)17-5-6-18-15/h5-6,12H,3-4,7,9H2,1-2H3/t12-/m1/s1. The minimum atomic E-state index is -3.72. The molecule has 3 rings (SSSR count). The van der Waals surface area contributed by atoms with Crippen LogP contribution in [0.3, 0.4) is 0 Å². The zero-order valence-electron chi connectivity index (χ0n) is 13.8. The highest BCUT2D eigenvalue weighted by Gasteiger charge is 2.35. The third-order valence-corrected chi connectivity index (χ3v) is 6.07. The van der Waals surface area contributed by atoms with Crippen LogP contribution in [0.4, 0.5) is 0 Å². The Bertz CT molecular complexity index is 899. The maximum absolute atomic E-state index is 12.9. The fourth-order valence-electron chi connectivity index (χ4n) is 2.84. The first-order valence-electron chi connectivity index (χ1n) is 7.74. The lowest BCUT2D eigenvalue weighted by molar-refractivity contribution is 0.123. The van der Waals surface area contributed by atoms with Crippen molar-refractivity contribution in [3.63, 3.8) is 0 Å². The average Bonchev–Trinajstić information content (AvgIpc) is 2.95. The molecule has 132 valence electrons. The fraction of sp³-hybridized carbons (Fsp3) is 0.467. The molecular formula is C15H17N5O4S. The molecule has 3 heterocycles. The second-order valence-corrected chi connectivity index (χ2v) is 7.60. The Hall–Kier alpha value is -2.51. The molecule has 2 aromatic rings. The number of hydrogen-bond donors (Lipinski definition) is 0. The van der Waals surface area contributed by atoms with Gasteiger partial charge in [0.2, 0.25) is 15.7 Å². The third kappa shape index (κ3) is 3.33. The molecule has 0 spiro atoms. The summed E-state index contributed by atoms with van der Waals surface area (Å²) < 4.78 is 37.9. The number of nitriles is 1. The molecule has 1 aliphatic heterocycles. The summed E-state index contributed by atoms with van der Waals surface area (Å²) in [7, 11) is -3.72. The molecule has 0 unspecified atom stereocenters. The number of hydrogen-bond acceptors (Lipinski definition) is 8. The first kappa shape index (κ1) is 17.3. The first-order chi connectivity index (χ1) is 11.9. The topological polar surface area (TPSA) is 122 Å². The van der Waals surface area contributed by atoms with E-state index in [2.05, 4.69) is 15.1 Å². The zero-order valence-corrected chi connectivity index (χ0v) is 14.7. The SMILES string of the molecule is Cc1noc(C)c1S(=O)(=O)N1CCC[C@@H](Oc2nccnc2C#N)C1. The van der Waals surface area contributed by atoms with Gasteiger partial charge in [-0.05, 0) is 26.7 Å². The van der Waals surface area contributed by atoms with Crippen LogP contribution in [0.2, 0.25) is 0 Å². The van der Waals surface area contributed by atoms with Crippen molar-refractivity contribution in [2.24, 2.45) is 0 Å². The molecule has 0 N–H and O–H groups in total. The van der Waals surface area contributed by atoms with Crippen molar-refractivity contribution in [3.8, 4) is 11.9 Å². The van der Waals surface area contributed by atoms with E-state index in [1.165, 1.54) is 16.7 Å². The minimum Gasteiger partial charge on any atom is -0.471 e. The van der Waals surface area contributed by atoms with Gasteiger partial charge in [0.1, 0.15) is 22.8 Å². The van der Waals surface area contributed by atoms with Crippen LogP contribution in [0.15, 0.2) is 21.8 Å². The van der Waals surface area contributed by atoms with Crippen LogP contribution in [-0.4, -0.2) is 47.0 Å². The van der Waals surface area contributed by atoms with Crippen LogP contribution in [0.5, 0.6) is 5.88 Å². The summed E-state index contributed by atoms with van der Waals surface area (Å²) in [6.45, 7) is 3.72. The summed E-state index contributed by atoms with van der Waals surface area (Å²) >= 11 is 0. The summed E-state index contributed by atoms with van der Waals surface area (Å²) in [5, 5.41) is 12.8. The van der Waals surface area contributed by atoms with Gasteiger partial charge in [0.15, 0.2) is 5.76 Å². The van der Waals surface area contributed by atoms with Gasteiger partial charge in [0.05, 0.1) is 6.54 Å². The van der Waals surface area contributed by atoms with Gasteiger partial charge in [-0.15, -0.1) is 0 Å². The number of rotatable bonds is 4. The van der Waals surface area contributed by atoms with Gasteiger partial charge in [-0.2, -0.15) is 9.57 Å². The van der Waals surface area contributed by atoms with Crippen LogP contribution < -0.4 is 4.74 Å². The smallest absolute Gasteiger partial charge is 0.251 e. The van der Waals surface area contributed by atoms with Crippen molar-refractivity contribution >= 4 is 10.0 Å². The van der Waals surface area contributed by atoms with Crippen LogP contribution in [-0.2, 0) is 10.0 Å². The lowest BCUT2D eigenvalue weighted by atomic mass is 10.1. The molecule has 0 bridgehead atoms. The fourth-order valence-corrected chi connectivity index (χ4v) is 4.64. The molecule has 0 aliphatic carbocycles. The van der Waals surface area contributed by atoms with Gasteiger partial charge >= 0.3 is 0 Å². The molecule has 1 aliphatic rings. The highest BCUT2D eigenvalue weighted by molar-refractivity contribution is 7.89. The van der Waals surface area contributed by atoms with E-state index < -0.39 is 16.1 Å². The summed E-state index contributed by atoms with van der Waals surface area (Å²) in [6.07, 6.45) is 3.72. The summed E-state index contributed by atoms with van der Waals surface area (Å²) in [5.41, 5.74) is 0.412. The van der Waals surface area contributed by atoms with E-state index in [-0.39, 0.29) is 28.8 Å². The average molecular weight is 363 g/mol. The predicted molar refractivity (Wildman–Crippen MR) is 85.1 cm³/mol. The molecule has 9 nitrogen and oxygen atoms in total. The Labute approximate surface area is 145 Å². The van der Waals surface area contributed by atoms with Gasteiger partial charge in [0, 0.05) is 18.9 Å². The van der Waals surface area contributed by atoms with E-state index >= 15 is 0 Å². The van der Waals surface area contributed by atoms with E-state index in [1.54, 1.807) is 13.8 Å². The molecule has 1 atom stereocenters. The third-order valence-electron chi connectivity index (χ3n) is 3.96. The Balaban J connectivity index is 1.81. The van der Waals surface area contributed by atoms with Gasteiger partial charge < -0.3 is 9.26 Å². The van der Waals surface area contributed by atoms with Crippen LogP contribution in [0.1, 0.15) is 30.0 Å². The number of aromatic nitrogens is 3. The number of sulfonamides is 1. The lowest BCUT2D eigenvalue weighted by Gasteiger charge is -2.31. The zero-order chi connectivity index (χ0) is 18.0. The van der Waals surface area contributed by atoms with E-state index in [0.29, 0.717) is 25.1 Å². The molecule has 0 amide bonds. The largest absolute Gasteiger partial charge is 0.471 e. The second kappa shape index (κ2) is 6.78. The van der Waals surface area contributed by atoms with E-state index in [1.807, 2.05) is 6.07 Å². The quantitative estimate of drug-likeness (QED) is 0.793. The highest BCUT2D eigenvalue weighted by Crippen LogP contribution is 2.27. The Morgan fingerprint density at radius 2 is 2.12 bits per heavy atom. The van der Waals surface area contributed by atoms with Gasteiger partial charge in [-0.25, -0.2) is 18.4 Å². The molecule has 10 heteroatoms. The molecule has 1 fully saturated rings. The number of nitrogens with zero attached hydrogens (tertiary/aromatic N) is 5. The molecule has 0 saturated carbocycles. The lowest BCUT2D eigenvalue weighted by Crippen LogP contribution is -2.44. The number of aryl methyl sites for hydroxylation is 2. The summed E-state index contributed by atoms with van der Waals surface area (Å²) in [6, 6.07) is 1.91. The number of piperidine rings is 1. The normalized spacial score (nSPS) is 18.7. The van der Waals surface area contributed by atoms with Gasteiger partial charge in [-0.1, -0.05) is 5.16 Å². The van der Waals surface area contributed by atoms with E-state index in [4.69, 9.17) is 14.5 Å². The van der Waals surface area contributed by atoms with Crippen molar-refractivity contribution in [2.75, 3.05) is 13.1 Å². The maximum atomic E-state index is 12.9. The van der Waals surface area contributed by atoms with Crippen molar-refractivity contribution in [1.29, 1.82) is 5.26 Å². The van der Waals surface area contributed by atoms with Crippen molar-refractivity contribution in [1.82, 2.24) is 19.4 Å². The van der Waals surface area contributed by atoms with Crippen molar-refractivity contribution < 1.29 is 17.7 Å². The summed E-state index contributed by atoms with van der Waals surface area (Å²) in [5.74, 6) is 0.382.